The second kappa shape index (κ2) is 12.6. The van der Waals surface area contributed by atoms with E-state index in [1.54, 1.807) is 22.3 Å². The number of anilines is 7. The third-order valence-corrected chi connectivity index (χ3v) is 20.0. The van der Waals surface area contributed by atoms with Crippen LogP contribution in [0.15, 0.2) is 108 Å². The molecule has 0 spiro atoms. The largest absolute Gasteiger partial charge is 0.456 e. The van der Waals surface area contributed by atoms with Gasteiger partial charge in [-0.3, -0.25) is 0 Å². The summed E-state index contributed by atoms with van der Waals surface area (Å²) in [4.78, 5) is 8.35. The molecule has 14 rings (SSSR count). The van der Waals surface area contributed by atoms with Crippen molar-refractivity contribution in [3.8, 4) is 0 Å². The van der Waals surface area contributed by atoms with Crippen LogP contribution in [0.1, 0.15) is 147 Å². The lowest BCUT2D eigenvalue weighted by Crippen LogP contribution is -2.64. The van der Waals surface area contributed by atoms with E-state index in [-0.39, 0.29) is 39.5 Å². The highest BCUT2D eigenvalue weighted by Gasteiger charge is 2.62. The molecule has 2 saturated carbocycles. The van der Waals surface area contributed by atoms with Crippen LogP contribution < -0.4 is 31.1 Å². The maximum atomic E-state index is 6.69. The first kappa shape index (κ1) is 39.7. The summed E-state index contributed by atoms with van der Waals surface area (Å²) in [6.07, 6.45) is 12.4. The molecule has 0 saturated heterocycles. The SMILES string of the molecule is Cc1cc2c3c(c1)N1c4c(cccc4C4(C)CCCCC14C)B3c1ccc(N3c4cc5c(cc4C4(C)CCCCC34C)C(C)(C)CCC5(C)C)cc1N2c1ccc2c(c1)oc1ccccc12. The standard InChI is InChI=1S/C61H64BN3O/c1-37-31-50-54-51(32-37)65-55-42(58(6)25-12-15-28-61(58,65)9)18-16-19-47(55)62(54)46-24-22-39(33-49(46)63(50)38-21-23-41-40-17-10-11-20-52(40)66-53(41)34-38)64-48-36-44-43(56(2,3)29-30-57(44,4)5)35-45(48)59(7)26-13-14-27-60(59,64)8/h10-11,16-24,31-36H,12-15,25-30H2,1-9H3. The summed E-state index contributed by atoms with van der Waals surface area (Å²) in [5.41, 5.74) is 23.4. The van der Waals surface area contributed by atoms with E-state index in [0.717, 1.165) is 16.9 Å². The second-order valence-corrected chi connectivity index (χ2v) is 24.2. The van der Waals surface area contributed by atoms with E-state index in [4.69, 9.17) is 4.42 Å². The maximum Gasteiger partial charge on any atom is 0.252 e. The number of hydrogen-bond donors (Lipinski definition) is 0. The quantitative estimate of drug-likeness (QED) is 0.162. The van der Waals surface area contributed by atoms with Crippen LogP contribution in [0.2, 0.25) is 0 Å². The van der Waals surface area contributed by atoms with E-state index in [0.29, 0.717) is 0 Å². The number of hydrogen-bond acceptors (Lipinski definition) is 4. The molecule has 4 aliphatic heterocycles. The first-order valence-electron chi connectivity index (χ1n) is 25.5. The first-order valence-corrected chi connectivity index (χ1v) is 25.5. The summed E-state index contributed by atoms with van der Waals surface area (Å²) in [6, 6.07) is 41.0. The highest BCUT2D eigenvalue weighted by molar-refractivity contribution is 7.00. The lowest BCUT2D eigenvalue weighted by atomic mass is 9.33. The van der Waals surface area contributed by atoms with Crippen LogP contribution >= 0.6 is 0 Å². The molecule has 66 heavy (non-hydrogen) atoms. The van der Waals surface area contributed by atoms with Crippen molar-refractivity contribution in [1.82, 2.24) is 0 Å². The normalized spacial score (nSPS) is 28.1. The van der Waals surface area contributed by atoms with E-state index in [1.165, 1.54) is 131 Å². The van der Waals surface area contributed by atoms with Crippen LogP contribution in [0.3, 0.4) is 0 Å². The number of fused-ring (bicyclic) bond motifs is 14. The van der Waals surface area contributed by atoms with Gasteiger partial charge in [-0.1, -0.05) is 116 Å². The number of furan rings is 1. The molecule has 7 aromatic rings. The van der Waals surface area contributed by atoms with E-state index in [1.807, 2.05) is 0 Å². The van der Waals surface area contributed by atoms with Crippen LogP contribution in [0.25, 0.3) is 21.9 Å². The summed E-state index contributed by atoms with van der Waals surface area (Å²) in [5.74, 6) is 0. The predicted molar refractivity (Wildman–Crippen MR) is 279 cm³/mol. The van der Waals surface area contributed by atoms with Crippen molar-refractivity contribution in [2.24, 2.45) is 0 Å². The Hall–Kier alpha value is -5.42. The Kier molecular flexibility index (Phi) is 7.56. The van der Waals surface area contributed by atoms with E-state index in [9.17, 15) is 0 Å². The lowest BCUT2D eigenvalue weighted by Gasteiger charge is -2.53. The zero-order valence-corrected chi connectivity index (χ0v) is 40.7. The van der Waals surface area contributed by atoms with Crippen molar-refractivity contribution in [2.75, 3.05) is 14.7 Å². The smallest absolute Gasteiger partial charge is 0.252 e. The van der Waals surface area contributed by atoms with Gasteiger partial charge >= 0.3 is 0 Å². The van der Waals surface area contributed by atoms with Gasteiger partial charge in [-0.25, -0.2) is 0 Å². The average Bonchev–Trinajstić information content (AvgIpc) is 3.84. The van der Waals surface area contributed by atoms with Gasteiger partial charge in [0.15, 0.2) is 0 Å². The minimum Gasteiger partial charge on any atom is -0.456 e. The molecule has 7 aliphatic rings. The number of benzene rings is 6. The Morgan fingerprint density at radius 1 is 0.470 bits per heavy atom. The van der Waals surface area contributed by atoms with Crippen molar-refractivity contribution < 1.29 is 4.42 Å². The van der Waals surface area contributed by atoms with Gasteiger partial charge in [0, 0.05) is 67.5 Å². The minimum absolute atomic E-state index is 0.00736. The second-order valence-electron chi connectivity index (χ2n) is 24.2. The van der Waals surface area contributed by atoms with Crippen LogP contribution in [-0.4, -0.2) is 17.8 Å². The molecule has 6 aromatic carbocycles. The Morgan fingerprint density at radius 2 is 1.12 bits per heavy atom. The Bertz CT molecular complexity index is 3300. The Labute approximate surface area is 392 Å². The number of aryl methyl sites for hydroxylation is 1. The van der Waals surface area contributed by atoms with Crippen LogP contribution in [0.5, 0.6) is 0 Å². The van der Waals surface area contributed by atoms with Gasteiger partial charge in [0.2, 0.25) is 0 Å². The van der Waals surface area contributed by atoms with Gasteiger partial charge in [0.25, 0.3) is 6.71 Å². The third-order valence-electron chi connectivity index (χ3n) is 20.0. The van der Waals surface area contributed by atoms with Gasteiger partial charge in [0.05, 0.1) is 11.1 Å². The molecule has 0 N–H and O–H groups in total. The van der Waals surface area contributed by atoms with E-state index >= 15 is 0 Å². The summed E-state index contributed by atoms with van der Waals surface area (Å²) in [6.45, 7) is 22.8. The van der Waals surface area contributed by atoms with Gasteiger partial charge in [0.1, 0.15) is 11.2 Å². The molecule has 0 radical (unpaired) electrons. The monoisotopic (exact) mass is 866 g/mol. The maximum absolute atomic E-state index is 6.69. The number of para-hydroxylation sites is 2. The van der Waals surface area contributed by atoms with Crippen molar-refractivity contribution in [3.05, 3.63) is 131 Å². The molecule has 4 nitrogen and oxygen atoms in total. The van der Waals surface area contributed by atoms with E-state index in [2.05, 4.69) is 180 Å². The molecule has 4 atom stereocenters. The predicted octanol–water partition coefficient (Wildman–Crippen LogP) is 14.3. The molecule has 1 aromatic heterocycles. The van der Waals surface area contributed by atoms with Crippen molar-refractivity contribution in [3.63, 3.8) is 0 Å². The average molecular weight is 866 g/mol. The van der Waals surface area contributed by atoms with Crippen LogP contribution in [0, 0.1) is 6.92 Å². The summed E-state index contributed by atoms with van der Waals surface area (Å²) in [7, 11) is 0. The fourth-order valence-electron chi connectivity index (χ4n) is 15.9. The molecule has 0 amide bonds. The Balaban J connectivity index is 1.05. The van der Waals surface area contributed by atoms with Crippen LogP contribution in [0.4, 0.5) is 39.8 Å². The molecule has 4 unspecified atom stereocenters. The lowest BCUT2D eigenvalue weighted by molar-refractivity contribution is 0.194. The van der Waals surface area contributed by atoms with Crippen molar-refractivity contribution in [1.29, 1.82) is 0 Å². The highest BCUT2D eigenvalue weighted by atomic mass is 16.3. The molecule has 2 fully saturated rings. The van der Waals surface area contributed by atoms with E-state index < -0.39 is 0 Å². The van der Waals surface area contributed by atoms with Gasteiger partial charge in [-0.05, 0) is 163 Å². The van der Waals surface area contributed by atoms with Crippen molar-refractivity contribution >= 4 is 84.9 Å². The molecule has 332 valence electrons. The summed E-state index contributed by atoms with van der Waals surface area (Å²) < 4.78 is 6.69. The zero-order chi connectivity index (χ0) is 45.1. The van der Waals surface area contributed by atoms with Gasteiger partial charge in [-0.2, -0.15) is 0 Å². The molecule has 0 bridgehead atoms. The topological polar surface area (TPSA) is 22.9 Å². The van der Waals surface area contributed by atoms with Gasteiger partial charge < -0.3 is 19.1 Å². The van der Waals surface area contributed by atoms with Gasteiger partial charge in [-0.15, -0.1) is 0 Å². The zero-order valence-electron chi connectivity index (χ0n) is 40.7. The molecule has 5 heteroatoms. The first-order chi connectivity index (χ1) is 31.6. The van der Waals surface area contributed by atoms with Crippen molar-refractivity contribution in [2.45, 2.75) is 159 Å². The van der Waals surface area contributed by atoms with Crippen LogP contribution in [-0.2, 0) is 21.7 Å². The third kappa shape index (κ3) is 4.64. The molecule has 3 aliphatic carbocycles. The Morgan fingerprint density at radius 3 is 1.89 bits per heavy atom. The number of rotatable bonds is 2. The molecule has 5 heterocycles. The summed E-state index contributed by atoms with van der Waals surface area (Å²) >= 11 is 0. The molecular weight excluding hydrogens is 802 g/mol. The summed E-state index contributed by atoms with van der Waals surface area (Å²) in [5, 5.41) is 2.34. The number of nitrogens with zero attached hydrogens (tertiary/aromatic N) is 3. The minimum atomic E-state index is -0.0683. The fourth-order valence-corrected chi connectivity index (χ4v) is 15.9. The molecular formula is C61H64BN3O. The fraction of sp³-hybridized carbons (Fsp3) is 0.410. The highest BCUT2D eigenvalue weighted by Crippen LogP contribution is 2.65.